The van der Waals surface area contributed by atoms with Crippen molar-refractivity contribution in [2.75, 3.05) is 20.6 Å². The summed E-state index contributed by atoms with van der Waals surface area (Å²) in [6.07, 6.45) is 5.50. The maximum Gasteiger partial charge on any atom is -0.00248 e. The Labute approximate surface area is 63.8 Å². The number of unbranched alkanes of at least 4 members (excludes halogenated alkanes) is 3. The van der Waals surface area contributed by atoms with Crippen LogP contribution in [0.4, 0.5) is 4.70 Å². The van der Waals surface area contributed by atoms with Crippen molar-refractivity contribution in [1.29, 1.82) is 0 Å². The van der Waals surface area contributed by atoms with Gasteiger partial charge in [-0.3, -0.25) is 4.70 Å². The van der Waals surface area contributed by atoms with Crippen molar-refractivity contribution in [3.63, 3.8) is 0 Å². The molecule has 0 atom stereocenters. The molecule has 1 nitrogen and oxygen atoms in total. The summed E-state index contributed by atoms with van der Waals surface area (Å²) in [5.74, 6) is 0. The molecule has 0 fully saturated rings. The largest absolute Gasteiger partial charge is 0.309 e. The van der Waals surface area contributed by atoms with E-state index in [0.29, 0.717) is 0 Å². The molecule has 0 aliphatic carbocycles. The third kappa shape index (κ3) is 10.8. The zero-order valence-electron chi connectivity index (χ0n) is 7.39. The van der Waals surface area contributed by atoms with Crippen molar-refractivity contribution in [3.8, 4) is 0 Å². The van der Waals surface area contributed by atoms with Gasteiger partial charge in [-0.2, -0.15) is 0 Å². The molecule has 0 aromatic carbocycles. The van der Waals surface area contributed by atoms with Crippen LogP contribution >= 0.6 is 0 Å². The number of hydrogen-bond donors (Lipinski definition) is 0. The molecular weight excluding hydrogens is 129 g/mol. The second-order valence-electron chi connectivity index (χ2n) is 2.86. The Morgan fingerprint density at radius 2 is 1.60 bits per heavy atom. The fourth-order valence-corrected chi connectivity index (χ4v) is 0.855. The zero-order chi connectivity index (χ0) is 7.11. The van der Waals surface area contributed by atoms with Crippen LogP contribution in [-0.4, -0.2) is 25.5 Å². The minimum atomic E-state index is 0. The molecule has 0 heterocycles. The summed E-state index contributed by atoms with van der Waals surface area (Å²) in [4.78, 5) is 2.25. The number of nitrogens with zero attached hydrogens (tertiary/aromatic N) is 1. The lowest BCUT2D eigenvalue weighted by Gasteiger charge is -2.07. The highest BCUT2D eigenvalue weighted by Crippen LogP contribution is 1.98. The lowest BCUT2D eigenvalue weighted by atomic mass is 10.2. The SMILES string of the molecule is CCCCCCN(C)C.F. The van der Waals surface area contributed by atoms with E-state index in [1.807, 2.05) is 0 Å². The summed E-state index contributed by atoms with van der Waals surface area (Å²) in [5, 5.41) is 0. The average Bonchev–Trinajstić information content (AvgIpc) is 1.80. The predicted molar refractivity (Wildman–Crippen MR) is 45.2 cm³/mol. The Hall–Kier alpha value is -0.110. The quantitative estimate of drug-likeness (QED) is 0.542. The molecule has 0 amide bonds. The van der Waals surface area contributed by atoms with E-state index in [9.17, 15) is 0 Å². The Balaban J connectivity index is 0. The molecular formula is C8H20FN. The van der Waals surface area contributed by atoms with E-state index in [2.05, 4.69) is 25.9 Å². The number of rotatable bonds is 5. The van der Waals surface area contributed by atoms with Crippen LogP contribution in [0, 0.1) is 0 Å². The van der Waals surface area contributed by atoms with Crippen molar-refractivity contribution in [3.05, 3.63) is 0 Å². The highest BCUT2D eigenvalue weighted by atomic mass is 19.0. The molecule has 0 bridgehead atoms. The van der Waals surface area contributed by atoms with Gasteiger partial charge in [0.1, 0.15) is 0 Å². The van der Waals surface area contributed by atoms with Gasteiger partial charge in [0.05, 0.1) is 0 Å². The molecule has 0 saturated carbocycles. The molecule has 0 N–H and O–H groups in total. The number of halogens is 1. The highest BCUT2D eigenvalue weighted by molar-refractivity contribution is 4.44. The van der Waals surface area contributed by atoms with E-state index < -0.39 is 0 Å². The van der Waals surface area contributed by atoms with Gasteiger partial charge in [-0.05, 0) is 27.1 Å². The Morgan fingerprint density at radius 3 is 2.00 bits per heavy atom. The molecule has 10 heavy (non-hydrogen) atoms. The van der Waals surface area contributed by atoms with Crippen molar-refractivity contribution < 1.29 is 4.70 Å². The molecule has 0 aliphatic heterocycles. The van der Waals surface area contributed by atoms with Gasteiger partial charge in [-0.1, -0.05) is 26.2 Å². The van der Waals surface area contributed by atoms with E-state index in [0.717, 1.165) is 0 Å². The molecule has 0 spiro atoms. The maximum atomic E-state index is 2.25. The van der Waals surface area contributed by atoms with Crippen molar-refractivity contribution >= 4 is 0 Å². The zero-order valence-corrected chi connectivity index (χ0v) is 7.39. The van der Waals surface area contributed by atoms with Crippen LogP contribution in [0.3, 0.4) is 0 Å². The van der Waals surface area contributed by atoms with Gasteiger partial charge < -0.3 is 4.90 Å². The van der Waals surface area contributed by atoms with Crippen LogP contribution in [-0.2, 0) is 0 Å². The van der Waals surface area contributed by atoms with Crippen LogP contribution in [0.25, 0.3) is 0 Å². The van der Waals surface area contributed by atoms with Crippen LogP contribution in [0.5, 0.6) is 0 Å². The standard InChI is InChI=1S/C8H19N.FH/c1-4-5-6-7-8-9(2)3;/h4-8H2,1-3H3;1H. The van der Waals surface area contributed by atoms with Crippen molar-refractivity contribution in [2.45, 2.75) is 32.6 Å². The first-order valence-electron chi connectivity index (χ1n) is 3.92. The summed E-state index contributed by atoms with van der Waals surface area (Å²) in [7, 11) is 4.26. The third-order valence-corrected chi connectivity index (χ3v) is 1.46. The summed E-state index contributed by atoms with van der Waals surface area (Å²) in [5.41, 5.74) is 0. The smallest absolute Gasteiger partial charge is 0.00248 e. The Morgan fingerprint density at radius 1 is 1.00 bits per heavy atom. The Bertz CT molecular complexity index is 55.2. The molecule has 0 saturated heterocycles. The first kappa shape index (κ1) is 12.6. The van der Waals surface area contributed by atoms with Crippen LogP contribution in [0.15, 0.2) is 0 Å². The number of hydrogen-bond acceptors (Lipinski definition) is 1. The van der Waals surface area contributed by atoms with Crippen LogP contribution in [0.2, 0.25) is 0 Å². The molecule has 0 radical (unpaired) electrons. The predicted octanol–water partition coefficient (Wildman–Crippen LogP) is 2.28. The molecule has 0 aromatic rings. The Kier molecular flexibility index (Phi) is 11.2. The average molecular weight is 149 g/mol. The molecule has 0 unspecified atom stereocenters. The van der Waals surface area contributed by atoms with Gasteiger partial charge in [0.15, 0.2) is 0 Å². The van der Waals surface area contributed by atoms with Crippen molar-refractivity contribution in [2.24, 2.45) is 0 Å². The first-order valence-corrected chi connectivity index (χ1v) is 3.92. The summed E-state index contributed by atoms with van der Waals surface area (Å²) < 4.78 is 0. The second kappa shape index (κ2) is 8.89. The van der Waals surface area contributed by atoms with Crippen LogP contribution < -0.4 is 0 Å². The lowest BCUT2D eigenvalue weighted by Crippen LogP contribution is -2.12. The van der Waals surface area contributed by atoms with E-state index in [1.165, 1.54) is 32.2 Å². The maximum absolute atomic E-state index is 2.25. The van der Waals surface area contributed by atoms with Gasteiger partial charge in [-0.25, -0.2) is 0 Å². The summed E-state index contributed by atoms with van der Waals surface area (Å²) in [6, 6.07) is 0. The monoisotopic (exact) mass is 149 g/mol. The highest BCUT2D eigenvalue weighted by Gasteiger charge is 1.88. The van der Waals surface area contributed by atoms with Crippen LogP contribution in [0.1, 0.15) is 32.6 Å². The van der Waals surface area contributed by atoms with E-state index in [1.54, 1.807) is 0 Å². The minimum Gasteiger partial charge on any atom is -0.309 e. The molecule has 0 rings (SSSR count). The topological polar surface area (TPSA) is 3.24 Å². The van der Waals surface area contributed by atoms with Gasteiger partial charge in [-0.15, -0.1) is 0 Å². The summed E-state index contributed by atoms with van der Waals surface area (Å²) in [6.45, 7) is 3.50. The summed E-state index contributed by atoms with van der Waals surface area (Å²) >= 11 is 0. The molecule has 0 aromatic heterocycles. The van der Waals surface area contributed by atoms with E-state index in [4.69, 9.17) is 0 Å². The molecule has 0 aliphatic rings. The fraction of sp³-hybridized carbons (Fsp3) is 1.00. The van der Waals surface area contributed by atoms with Gasteiger partial charge in [0.25, 0.3) is 0 Å². The fourth-order valence-electron chi connectivity index (χ4n) is 0.855. The van der Waals surface area contributed by atoms with Gasteiger partial charge >= 0.3 is 0 Å². The molecule has 2 heteroatoms. The normalized spacial score (nSPS) is 9.60. The van der Waals surface area contributed by atoms with E-state index in [-0.39, 0.29) is 4.70 Å². The third-order valence-electron chi connectivity index (χ3n) is 1.46. The first-order chi connectivity index (χ1) is 4.27. The van der Waals surface area contributed by atoms with E-state index >= 15 is 0 Å². The minimum absolute atomic E-state index is 0. The second-order valence-corrected chi connectivity index (χ2v) is 2.86. The molecule has 64 valence electrons. The van der Waals surface area contributed by atoms with Crippen molar-refractivity contribution in [1.82, 2.24) is 4.90 Å². The lowest BCUT2D eigenvalue weighted by molar-refractivity contribution is 0.391. The van der Waals surface area contributed by atoms with Gasteiger partial charge in [0, 0.05) is 0 Å². The van der Waals surface area contributed by atoms with Gasteiger partial charge in [0.2, 0.25) is 0 Å².